The van der Waals surface area contributed by atoms with Crippen molar-refractivity contribution in [3.8, 4) is 0 Å². The Morgan fingerprint density at radius 1 is 1.59 bits per heavy atom. The first-order valence-electron chi connectivity index (χ1n) is 5.69. The molecule has 1 aliphatic carbocycles. The van der Waals surface area contributed by atoms with E-state index in [0.29, 0.717) is 0 Å². The van der Waals surface area contributed by atoms with E-state index in [0.717, 1.165) is 24.8 Å². The first-order valence-corrected chi connectivity index (χ1v) is 6.57. The molecule has 1 aromatic heterocycles. The summed E-state index contributed by atoms with van der Waals surface area (Å²) in [4.78, 5) is 24.0. The highest BCUT2D eigenvalue weighted by molar-refractivity contribution is 7.10. The van der Waals surface area contributed by atoms with Crippen molar-refractivity contribution in [1.82, 2.24) is 5.32 Å². The van der Waals surface area contributed by atoms with Crippen LogP contribution in [-0.4, -0.2) is 23.0 Å². The number of rotatable bonds is 3. The average Bonchev–Trinajstić information content (AvgIpc) is 2.76. The zero-order chi connectivity index (χ0) is 12.4. The second-order valence-electron chi connectivity index (χ2n) is 4.31. The van der Waals surface area contributed by atoms with Crippen molar-refractivity contribution >= 4 is 23.2 Å². The summed E-state index contributed by atoms with van der Waals surface area (Å²) in [6.45, 7) is 1.48. The standard InChI is InChI=1S/C12H15NO3S/c1-7(12(15)16)13-11(14)9-3-2-4-10-8(9)5-6-17-10/h5-7,9H,2-4H2,1H3,(H,13,14)(H,15,16). The van der Waals surface area contributed by atoms with Crippen LogP contribution < -0.4 is 5.32 Å². The third kappa shape index (κ3) is 2.49. The molecule has 0 radical (unpaired) electrons. The van der Waals surface area contributed by atoms with Crippen LogP contribution in [0.2, 0.25) is 0 Å². The monoisotopic (exact) mass is 253 g/mol. The number of carbonyl (C=O) groups is 2. The van der Waals surface area contributed by atoms with Gasteiger partial charge in [-0.15, -0.1) is 11.3 Å². The van der Waals surface area contributed by atoms with Crippen LogP contribution >= 0.6 is 11.3 Å². The number of amides is 1. The summed E-state index contributed by atoms with van der Waals surface area (Å²) in [5, 5.41) is 13.3. The Hall–Kier alpha value is -1.36. The number of carboxylic acids is 1. The number of hydrogen-bond acceptors (Lipinski definition) is 3. The van der Waals surface area contributed by atoms with E-state index in [9.17, 15) is 9.59 Å². The summed E-state index contributed by atoms with van der Waals surface area (Å²) in [5.41, 5.74) is 1.08. The van der Waals surface area contributed by atoms with Crippen molar-refractivity contribution in [3.05, 3.63) is 21.9 Å². The lowest BCUT2D eigenvalue weighted by Crippen LogP contribution is -2.41. The minimum Gasteiger partial charge on any atom is -0.480 e. The largest absolute Gasteiger partial charge is 0.480 e. The van der Waals surface area contributed by atoms with Crippen molar-refractivity contribution in [3.63, 3.8) is 0 Å². The molecule has 2 unspecified atom stereocenters. The molecule has 5 heteroatoms. The van der Waals surface area contributed by atoms with Crippen LogP contribution in [0.25, 0.3) is 0 Å². The molecule has 1 aliphatic rings. The topological polar surface area (TPSA) is 66.4 Å². The lowest BCUT2D eigenvalue weighted by atomic mass is 9.87. The molecule has 92 valence electrons. The highest BCUT2D eigenvalue weighted by Gasteiger charge is 2.28. The van der Waals surface area contributed by atoms with Gasteiger partial charge >= 0.3 is 5.97 Å². The molecule has 2 atom stereocenters. The quantitative estimate of drug-likeness (QED) is 0.862. The number of thiophene rings is 1. The Kier molecular flexibility index (Phi) is 3.47. The van der Waals surface area contributed by atoms with Crippen LogP contribution in [-0.2, 0) is 16.0 Å². The number of fused-ring (bicyclic) bond motifs is 1. The SMILES string of the molecule is CC(NC(=O)C1CCCc2sccc21)C(=O)O. The van der Waals surface area contributed by atoms with Gasteiger partial charge in [0.1, 0.15) is 6.04 Å². The summed E-state index contributed by atoms with van der Waals surface area (Å²) in [6, 6.07) is 1.15. The number of aliphatic carboxylic acids is 1. The Morgan fingerprint density at radius 3 is 3.06 bits per heavy atom. The Bertz CT molecular complexity index is 441. The van der Waals surface area contributed by atoms with Crippen molar-refractivity contribution in [2.24, 2.45) is 0 Å². The third-order valence-corrected chi connectivity index (χ3v) is 4.09. The average molecular weight is 253 g/mol. The normalized spacial score (nSPS) is 20.4. The second-order valence-corrected chi connectivity index (χ2v) is 5.31. The number of aryl methyl sites for hydroxylation is 1. The number of carboxylic acid groups (broad SMARTS) is 1. The van der Waals surface area contributed by atoms with E-state index in [1.165, 1.54) is 11.8 Å². The van der Waals surface area contributed by atoms with Gasteiger partial charge in [0.05, 0.1) is 5.92 Å². The van der Waals surface area contributed by atoms with Crippen LogP contribution in [0.5, 0.6) is 0 Å². The predicted molar refractivity (Wildman–Crippen MR) is 65.2 cm³/mol. The van der Waals surface area contributed by atoms with E-state index in [4.69, 9.17) is 5.11 Å². The van der Waals surface area contributed by atoms with Gasteiger partial charge in [-0.25, -0.2) is 0 Å². The molecule has 0 saturated heterocycles. The van der Waals surface area contributed by atoms with Gasteiger partial charge in [0.2, 0.25) is 5.91 Å². The van der Waals surface area contributed by atoms with Crippen LogP contribution in [0.1, 0.15) is 36.1 Å². The maximum absolute atomic E-state index is 12.0. The van der Waals surface area contributed by atoms with Gasteiger partial charge in [-0.3, -0.25) is 9.59 Å². The van der Waals surface area contributed by atoms with E-state index in [1.807, 2.05) is 11.4 Å². The number of nitrogens with one attached hydrogen (secondary N) is 1. The maximum Gasteiger partial charge on any atom is 0.325 e. The Morgan fingerprint density at radius 2 is 2.35 bits per heavy atom. The molecule has 0 spiro atoms. The van der Waals surface area contributed by atoms with Gasteiger partial charge in [0.25, 0.3) is 0 Å². The molecule has 0 fully saturated rings. The van der Waals surface area contributed by atoms with E-state index in [1.54, 1.807) is 11.3 Å². The van der Waals surface area contributed by atoms with Crippen molar-refractivity contribution in [2.75, 3.05) is 0 Å². The molecule has 2 rings (SSSR count). The van der Waals surface area contributed by atoms with Gasteiger partial charge in [0, 0.05) is 4.88 Å². The van der Waals surface area contributed by atoms with Crippen LogP contribution in [0, 0.1) is 0 Å². The van der Waals surface area contributed by atoms with Crippen molar-refractivity contribution in [2.45, 2.75) is 38.1 Å². The smallest absolute Gasteiger partial charge is 0.325 e. The summed E-state index contributed by atoms with van der Waals surface area (Å²) >= 11 is 1.68. The van der Waals surface area contributed by atoms with Crippen LogP contribution in [0.4, 0.5) is 0 Å². The zero-order valence-corrected chi connectivity index (χ0v) is 10.4. The molecule has 0 bridgehead atoms. The van der Waals surface area contributed by atoms with Gasteiger partial charge in [-0.05, 0) is 43.2 Å². The van der Waals surface area contributed by atoms with Gasteiger partial charge < -0.3 is 10.4 Å². The minimum atomic E-state index is -1.00. The molecule has 0 aromatic carbocycles. The lowest BCUT2D eigenvalue weighted by molar-refractivity contribution is -0.141. The van der Waals surface area contributed by atoms with E-state index in [-0.39, 0.29) is 11.8 Å². The van der Waals surface area contributed by atoms with E-state index >= 15 is 0 Å². The molecule has 1 amide bonds. The molecule has 17 heavy (non-hydrogen) atoms. The predicted octanol–water partition coefficient (Wildman–Crippen LogP) is 1.76. The molecule has 1 aromatic rings. The Balaban J connectivity index is 2.09. The summed E-state index contributed by atoms with van der Waals surface area (Å²) in [5.74, 6) is -1.34. The van der Waals surface area contributed by atoms with Crippen molar-refractivity contribution < 1.29 is 14.7 Å². The molecular weight excluding hydrogens is 238 g/mol. The molecule has 1 heterocycles. The fraction of sp³-hybridized carbons (Fsp3) is 0.500. The first kappa shape index (κ1) is 12.1. The van der Waals surface area contributed by atoms with E-state index < -0.39 is 12.0 Å². The number of carbonyl (C=O) groups excluding carboxylic acids is 1. The van der Waals surface area contributed by atoms with Crippen LogP contribution in [0.15, 0.2) is 11.4 Å². The highest BCUT2D eigenvalue weighted by atomic mass is 32.1. The molecule has 4 nitrogen and oxygen atoms in total. The molecule has 0 aliphatic heterocycles. The fourth-order valence-corrected chi connectivity index (χ4v) is 3.12. The van der Waals surface area contributed by atoms with Crippen LogP contribution in [0.3, 0.4) is 0 Å². The maximum atomic E-state index is 12.0. The van der Waals surface area contributed by atoms with Crippen molar-refractivity contribution in [1.29, 1.82) is 0 Å². The summed E-state index contributed by atoms with van der Waals surface area (Å²) < 4.78 is 0. The zero-order valence-electron chi connectivity index (χ0n) is 9.60. The third-order valence-electron chi connectivity index (χ3n) is 3.10. The fourth-order valence-electron chi connectivity index (χ4n) is 2.13. The molecular formula is C12H15NO3S. The second kappa shape index (κ2) is 4.87. The Labute approximate surface area is 104 Å². The van der Waals surface area contributed by atoms with Gasteiger partial charge in [0.15, 0.2) is 0 Å². The van der Waals surface area contributed by atoms with E-state index in [2.05, 4.69) is 5.32 Å². The lowest BCUT2D eigenvalue weighted by Gasteiger charge is -2.22. The number of hydrogen-bond donors (Lipinski definition) is 2. The highest BCUT2D eigenvalue weighted by Crippen LogP contribution is 2.34. The minimum absolute atomic E-state index is 0.167. The summed E-state index contributed by atoms with van der Waals surface area (Å²) in [7, 11) is 0. The molecule has 0 saturated carbocycles. The van der Waals surface area contributed by atoms with Gasteiger partial charge in [-0.1, -0.05) is 0 Å². The molecule has 2 N–H and O–H groups in total. The van der Waals surface area contributed by atoms with Gasteiger partial charge in [-0.2, -0.15) is 0 Å². The summed E-state index contributed by atoms with van der Waals surface area (Å²) in [6.07, 6.45) is 2.83. The first-order chi connectivity index (χ1) is 8.09.